The van der Waals surface area contributed by atoms with Crippen molar-refractivity contribution in [2.24, 2.45) is 0 Å². The van der Waals surface area contributed by atoms with E-state index in [0.717, 1.165) is 5.06 Å². The first-order chi connectivity index (χ1) is 7.74. The van der Waals surface area contributed by atoms with Crippen LogP contribution >= 0.6 is 0 Å². The Morgan fingerprint density at radius 2 is 1.94 bits per heavy atom. The number of hydrogen-bond donors (Lipinski definition) is 1. The second-order valence-corrected chi connectivity index (χ2v) is 3.35. The Balaban J connectivity index is 2.57. The molecule has 1 N–H and O–H groups in total. The van der Waals surface area contributed by atoms with E-state index in [1.807, 2.05) is 6.07 Å². The Labute approximate surface area is 94.0 Å². The topological polar surface area (TPSA) is 84.2 Å². The number of nitrogens with zero attached hydrogens (tertiary/aromatic N) is 2. The van der Waals surface area contributed by atoms with Crippen LogP contribution in [0.25, 0.3) is 0 Å². The molecule has 1 heterocycles. The highest BCUT2D eigenvalue weighted by Crippen LogP contribution is 2.21. The van der Waals surface area contributed by atoms with Crippen LogP contribution in [0.5, 0.6) is 0 Å². The zero-order chi connectivity index (χ0) is 12.0. The SMILES string of the molecule is COCO[C@@H]1[C@@H](OCOC)CN(O)[C@H]1C#N. The summed E-state index contributed by atoms with van der Waals surface area (Å²) >= 11 is 0. The second kappa shape index (κ2) is 6.75. The molecule has 1 aliphatic rings. The van der Waals surface area contributed by atoms with Crippen molar-refractivity contribution < 1.29 is 24.2 Å². The molecule has 0 unspecified atom stereocenters. The van der Waals surface area contributed by atoms with Gasteiger partial charge in [0.1, 0.15) is 25.8 Å². The van der Waals surface area contributed by atoms with Gasteiger partial charge in [0, 0.05) is 14.2 Å². The van der Waals surface area contributed by atoms with E-state index in [4.69, 9.17) is 24.2 Å². The van der Waals surface area contributed by atoms with Gasteiger partial charge in [-0.05, 0) is 0 Å². The van der Waals surface area contributed by atoms with E-state index >= 15 is 0 Å². The highest BCUT2D eigenvalue weighted by Gasteiger charge is 2.43. The molecule has 1 saturated heterocycles. The number of ether oxygens (including phenoxy) is 4. The van der Waals surface area contributed by atoms with Crippen molar-refractivity contribution >= 4 is 0 Å². The van der Waals surface area contributed by atoms with Gasteiger partial charge in [-0.25, -0.2) is 0 Å². The summed E-state index contributed by atoms with van der Waals surface area (Å²) in [5.41, 5.74) is 0. The normalized spacial score (nSPS) is 30.5. The van der Waals surface area contributed by atoms with E-state index in [2.05, 4.69) is 0 Å². The van der Waals surface area contributed by atoms with Gasteiger partial charge < -0.3 is 24.2 Å². The van der Waals surface area contributed by atoms with E-state index in [1.54, 1.807) is 0 Å². The number of rotatable bonds is 6. The lowest BCUT2D eigenvalue weighted by Crippen LogP contribution is -2.37. The maximum atomic E-state index is 9.50. The quantitative estimate of drug-likeness (QED) is 0.621. The molecule has 0 saturated carbocycles. The number of hydroxylamine groups is 2. The van der Waals surface area contributed by atoms with Crippen molar-refractivity contribution in [3.63, 3.8) is 0 Å². The predicted molar refractivity (Wildman–Crippen MR) is 51.4 cm³/mol. The first-order valence-corrected chi connectivity index (χ1v) is 4.80. The van der Waals surface area contributed by atoms with Crippen LogP contribution in [0.4, 0.5) is 0 Å². The molecule has 1 fully saturated rings. The Morgan fingerprint density at radius 1 is 1.31 bits per heavy atom. The summed E-state index contributed by atoms with van der Waals surface area (Å²) in [4.78, 5) is 0. The molecule has 0 aliphatic carbocycles. The van der Waals surface area contributed by atoms with Gasteiger partial charge in [0.2, 0.25) is 0 Å². The number of methoxy groups -OCH3 is 2. The van der Waals surface area contributed by atoms with Crippen LogP contribution < -0.4 is 0 Å². The minimum atomic E-state index is -0.753. The van der Waals surface area contributed by atoms with Crippen LogP contribution in [0.3, 0.4) is 0 Å². The highest BCUT2D eigenvalue weighted by molar-refractivity contribution is 5.04. The molecule has 1 aliphatic heterocycles. The number of hydrogen-bond acceptors (Lipinski definition) is 7. The van der Waals surface area contributed by atoms with Crippen molar-refractivity contribution in [2.75, 3.05) is 34.4 Å². The monoisotopic (exact) mass is 232 g/mol. The Kier molecular flexibility index (Phi) is 5.62. The van der Waals surface area contributed by atoms with E-state index < -0.39 is 18.2 Å². The van der Waals surface area contributed by atoms with Crippen LogP contribution in [0.15, 0.2) is 0 Å². The predicted octanol–water partition coefficient (Wildman–Crippen LogP) is -0.438. The second-order valence-electron chi connectivity index (χ2n) is 3.35. The van der Waals surface area contributed by atoms with Crippen molar-refractivity contribution in [3.8, 4) is 6.07 Å². The summed E-state index contributed by atoms with van der Waals surface area (Å²) in [7, 11) is 2.98. The molecule has 7 nitrogen and oxygen atoms in total. The van der Waals surface area contributed by atoms with E-state index in [0.29, 0.717) is 0 Å². The minimum absolute atomic E-state index is 0.0452. The molecular formula is C9H16N2O5. The maximum absolute atomic E-state index is 9.50. The van der Waals surface area contributed by atoms with Gasteiger partial charge in [0.15, 0.2) is 6.04 Å². The fourth-order valence-corrected chi connectivity index (χ4v) is 1.56. The zero-order valence-electron chi connectivity index (χ0n) is 9.33. The van der Waals surface area contributed by atoms with Gasteiger partial charge in [0.05, 0.1) is 12.6 Å². The standard InChI is InChI=1S/C9H16N2O5/c1-13-5-15-8-4-11(12)7(3-10)9(8)16-6-14-2/h7-9,12H,4-6H2,1-2H3/t7-,8-,9-/m0/s1. The molecule has 0 radical (unpaired) electrons. The first-order valence-electron chi connectivity index (χ1n) is 4.80. The molecular weight excluding hydrogens is 216 g/mol. The fraction of sp³-hybridized carbons (Fsp3) is 0.889. The number of nitriles is 1. The fourth-order valence-electron chi connectivity index (χ4n) is 1.56. The lowest BCUT2D eigenvalue weighted by molar-refractivity contribution is -0.145. The summed E-state index contributed by atoms with van der Waals surface area (Å²) in [5.74, 6) is 0. The Hall–Kier alpha value is -0.750. The molecule has 3 atom stereocenters. The van der Waals surface area contributed by atoms with Crippen LogP contribution in [0.1, 0.15) is 0 Å². The highest BCUT2D eigenvalue weighted by atomic mass is 16.7. The average molecular weight is 232 g/mol. The van der Waals surface area contributed by atoms with Gasteiger partial charge in [-0.2, -0.15) is 10.3 Å². The Bertz CT molecular complexity index is 245. The summed E-state index contributed by atoms with van der Waals surface area (Å²) in [6, 6.07) is 1.20. The van der Waals surface area contributed by atoms with Crippen molar-refractivity contribution in [3.05, 3.63) is 0 Å². The maximum Gasteiger partial charge on any atom is 0.150 e. The third-order valence-electron chi connectivity index (χ3n) is 2.28. The van der Waals surface area contributed by atoms with Crippen LogP contribution in [-0.4, -0.2) is 62.9 Å². The van der Waals surface area contributed by atoms with Gasteiger partial charge in [0.25, 0.3) is 0 Å². The third kappa shape index (κ3) is 3.12. The molecule has 0 aromatic rings. The lowest BCUT2D eigenvalue weighted by Gasteiger charge is -2.20. The molecule has 92 valence electrons. The van der Waals surface area contributed by atoms with Gasteiger partial charge in [-0.3, -0.25) is 0 Å². The third-order valence-corrected chi connectivity index (χ3v) is 2.28. The average Bonchev–Trinajstić information content (AvgIpc) is 2.59. The molecule has 7 heteroatoms. The van der Waals surface area contributed by atoms with Crippen LogP contribution in [0, 0.1) is 11.3 Å². The summed E-state index contributed by atoms with van der Waals surface area (Å²) in [5, 5.41) is 19.3. The molecule has 0 amide bonds. The van der Waals surface area contributed by atoms with E-state index in [-0.39, 0.29) is 20.1 Å². The van der Waals surface area contributed by atoms with Crippen LogP contribution in [0.2, 0.25) is 0 Å². The molecule has 0 bridgehead atoms. The lowest BCUT2D eigenvalue weighted by atomic mass is 10.1. The van der Waals surface area contributed by atoms with Gasteiger partial charge in [-0.15, -0.1) is 0 Å². The summed E-state index contributed by atoms with van der Waals surface area (Å²) in [6.45, 7) is 0.336. The Morgan fingerprint density at radius 3 is 2.50 bits per heavy atom. The molecule has 0 aromatic carbocycles. The van der Waals surface area contributed by atoms with E-state index in [9.17, 15) is 5.21 Å². The zero-order valence-corrected chi connectivity index (χ0v) is 9.33. The van der Waals surface area contributed by atoms with Crippen molar-refractivity contribution in [1.29, 1.82) is 5.26 Å². The van der Waals surface area contributed by atoms with E-state index in [1.165, 1.54) is 14.2 Å². The molecule has 1 rings (SSSR count). The van der Waals surface area contributed by atoms with Crippen molar-refractivity contribution in [1.82, 2.24) is 5.06 Å². The minimum Gasteiger partial charge on any atom is -0.359 e. The van der Waals surface area contributed by atoms with Crippen molar-refractivity contribution in [2.45, 2.75) is 18.2 Å². The summed E-state index contributed by atoms with van der Waals surface area (Å²) in [6.07, 6.45) is -0.963. The first kappa shape index (κ1) is 13.3. The molecule has 0 spiro atoms. The van der Waals surface area contributed by atoms with Gasteiger partial charge in [-0.1, -0.05) is 0 Å². The smallest absolute Gasteiger partial charge is 0.150 e. The molecule has 0 aromatic heterocycles. The van der Waals surface area contributed by atoms with Crippen LogP contribution in [-0.2, 0) is 18.9 Å². The van der Waals surface area contributed by atoms with Gasteiger partial charge >= 0.3 is 0 Å². The largest absolute Gasteiger partial charge is 0.359 e. The summed E-state index contributed by atoms with van der Waals surface area (Å²) < 4.78 is 20.2. The molecule has 16 heavy (non-hydrogen) atoms.